The molecule has 2 saturated carbocycles. The Hall–Kier alpha value is -1.19. The molecule has 2 aliphatic rings. The number of hydrogen-bond donors (Lipinski definition) is 1. The highest BCUT2D eigenvalue weighted by molar-refractivity contribution is 7.86. The Labute approximate surface area is 147 Å². The van der Waals surface area contributed by atoms with Gasteiger partial charge in [0.25, 0.3) is 10.1 Å². The van der Waals surface area contributed by atoms with Gasteiger partial charge in [-0.1, -0.05) is 0 Å². The van der Waals surface area contributed by atoms with Crippen molar-refractivity contribution in [3.05, 3.63) is 0 Å². The molecule has 0 spiro atoms. The van der Waals surface area contributed by atoms with Gasteiger partial charge in [0.1, 0.15) is 0 Å². The van der Waals surface area contributed by atoms with Crippen LogP contribution in [0.1, 0.15) is 44.9 Å². The molecular weight excluding hydrogens is 352 g/mol. The molecule has 2 unspecified atom stereocenters. The summed E-state index contributed by atoms with van der Waals surface area (Å²) in [5, 5.41) is -0.732. The topological polar surface area (TPSA) is 116 Å². The van der Waals surface area contributed by atoms with Crippen molar-refractivity contribution in [3.8, 4) is 0 Å². The molecule has 25 heavy (non-hydrogen) atoms. The SMILES string of the molecule is COC(=O)C1CC(OC2CCC(S(=O)(=O)O)CC2)CC(C(=O)OC)C1. The minimum atomic E-state index is -4.01. The maximum absolute atomic E-state index is 11.9. The van der Waals surface area contributed by atoms with Gasteiger partial charge in [0.2, 0.25) is 0 Å². The number of carbonyl (C=O) groups excluding carboxylic acids is 2. The van der Waals surface area contributed by atoms with Crippen LogP contribution in [0.4, 0.5) is 0 Å². The van der Waals surface area contributed by atoms with Crippen molar-refractivity contribution in [2.75, 3.05) is 14.2 Å². The van der Waals surface area contributed by atoms with Gasteiger partial charge in [-0.2, -0.15) is 8.42 Å². The Morgan fingerprint density at radius 1 is 0.840 bits per heavy atom. The summed E-state index contributed by atoms with van der Waals surface area (Å²) in [6.45, 7) is 0. The zero-order valence-electron chi connectivity index (χ0n) is 14.5. The third-order valence-electron chi connectivity index (χ3n) is 5.16. The van der Waals surface area contributed by atoms with Crippen LogP contribution < -0.4 is 0 Å². The number of ether oxygens (including phenoxy) is 3. The van der Waals surface area contributed by atoms with E-state index in [9.17, 15) is 18.0 Å². The summed E-state index contributed by atoms with van der Waals surface area (Å²) in [5.41, 5.74) is 0. The van der Waals surface area contributed by atoms with E-state index in [0.29, 0.717) is 44.9 Å². The highest BCUT2D eigenvalue weighted by atomic mass is 32.2. The van der Waals surface area contributed by atoms with E-state index in [-0.39, 0.29) is 24.1 Å². The highest BCUT2D eigenvalue weighted by Gasteiger charge is 2.39. The first-order chi connectivity index (χ1) is 11.7. The van der Waals surface area contributed by atoms with Gasteiger partial charge in [-0.25, -0.2) is 0 Å². The molecule has 9 heteroatoms. The molecule has 0 aliphatic heterocycles. The van der Waals surface area contributed by atoms with Gasteiger partial charge in [-0.05, 0) is 44.9 Å². The Bertz CT molecular complexity index is 555. The summed E-state index contributed by atoms with van der Waals surface area (Å²) in [6.07, 6.45) is 2.63. The summed E-state index contributed by atoms with van der Waals surface area (Å²) < 4.78 is 47.2. The molecular formula is C16H26O8S. The monoisotopic (exact) mass is 378 g/mol. The summed E-state index contributed by atoms with van der Waals surface area (Å²) in [6, 6.07) is 0. The third kappa shape index (κ3) is 5.39. The van der Waals surface area contributed by atoms with Gasteiger partial charge in [-0.15, -0.1) is 0 Å². The smallest absolute Gasteiger partial charge is 0.308 e. The van der Waals surface area contributed by atoms with Crippen LogP contribution in [-0.4, -0.2) is 56.6 Å². The fourth-order valence-electron chi connectivity index (χ4n) is 3.83. The maximum Gasteiger partial charge on any atom is 0.308 e. The first-order valence-electron chi connectivity index (χ1n) is 8.52. The number of carbonyl (C=O) groups is 2. The molecule has 0 aromatic rings. The van der Waals surface area contributed by atoms with Crippen LogP contribution in [0, 0.1) is 11.8 Å². The van der Waals surface area contributed by atoms with Gasteiger partial charge >= 0.3 is 11.9 Å². The Morgan fingerprint density at radius 3 is 1.72 bits per heavy atom. The van der Waals surface area contributed by atoms with Crippen LogP contribution in [0.15, 0.2) is 0 Å². The Balaban J connectivity index is 1.95. The Kier molecular flexibility index (Phi) is 6.81. The molecule has 144 valence electrons. The average molecular weight is 378 g/mol. The van der Waals surface area contributed by atoms with Crippen LogP contribution in [0.2, 0.25) is 0 Å². The lowest BCUT2D eigenvalue weighted by Gasteiger charge is -2.36. The summed E-state index contributed by atoms with van der Waals surface area (Å²) >= 11 is 0. The molecule has 0 saturated heterocycles. The minimum absolute atomic E-state index is 0.141. The van der Waals surface area contributed by atoms with Crippen molar-refractivity contribution in [2.24, 2.45) is 11.8 Å². The lowest BCUT2D eigenvalue weighted by atomic mass is 9.79. The van der Waals surface area contributed by atoms with Gasteiger partial charge in [-0.3, -0.25) is 14.1 Å². The van der Waals surface area contributed by atoms with Crippen molar-refractivity contribution in [3.63, 3.8) is 0 Å². The predicted octanol–water partition coefficient (Wildman–Crippen LogP) is 1.33. The fourth-order valence-corrected chi connectivity index (χ4v) is 4.70. The molecule has 0 heterocycles. The molecule has 1 N–H and O–H groups in total. The van der Waals surface area contributed by atoms with E-state index in [0.717, 1.165) is 0 Å². The second-order valence-electron chi connectivity index (χ2n) is 6.82. The third-order valence-corrected chi connectivity index (χ3v) is 6.47. The van der Waals surface area contributed by atoms with Crippen molar-refractivity contribution < 1.29 is 36.8 Å². The molecule has 0 bridgehead atoms. The molecule has 0 aromatic carbocycles. The van der Waals surface area contributed by atoms with E-state index >= 15 is 0 Å². The highest BCUT2D eigenvalue weighted by Crippen LogP contribution is 2.35. The number of esters is 2. The molecule has 2 aliphatic carbocycles. The van der Waals surface area contributed by atoms with Crippen molar-refractivity contribution in [2.45, 2.75) is 62.4 Å². The zero-order valence-corrected chi connectivity index (χ0v) is 15.4. The number of methoxy groups -OCH3 is 2. The maximum atomic E-state index is 11.9. The van der Waals surface area contributed by atoms with Crippen LogP contribution in [0.3, 0.4) is 0 Å². The van der Waals surface area contributed by atoms with Crippen LogP contribution in [0.25, 0.3) is 0 Å². The van der Waals surface area contributed by atoms with Gasteiger partial charge < -0.3 is 14.2 Å². The summed E-state index contributed by atoms with van der Waals surface area (Å²) in [5.74, 6) is -1.56. The normalized spacial score (nSPS) is 33.5. The average Bonchev–Trinajstić information content (AvgIpc) is 2.59. The van der Waals surface area contributed by atoms with E-state index in [2.05, 4.69) is 0 Å². The van der Waals surface area contributed by atoms with Crippen molar-refractivity contribution >= 4 is 22.1 Å². The second kappa shape index (κ2) is 8.46. The van der Waals surface area contributed by atoms with E-state index in [1.807, 2.05) is 0 Å². The zero-order chi connectivity index (χ0) is 18.6. The van der Waals surface area contributed by atoms with Crippen LogP contribution >= 0.6 is 0 Å². The minimum Gasteiger partial charge on any atom is -0.469 e. The standard InChI is InChI=1S/C16H26O8S/c1-22-15(17)10-7-11(16(18)23-2)9-13(8-10)24-12-3-5-14(6-4-12)25(19,20)21/h10-14H,3-9H2,1-2H3,(H,19,20,21). The lowest BCUT2D eigenvalue weighted by molar-refractivity contribution is -0.158. The molecule has 2 atom stereocenters. The van der Waals surface area contributed by atoms with E-state index in [1.54, 1.807) is 0 Å². The van der Waals surface area contributed by atoms with Gasteiger partial charge in [0, 0.05) is 0 Å². The summed E-state index contributed by atoms with van der Waals surface area (Å²) in [7, 11) is -1.38. The van der Waals surface area contributed by atoms with E-state index < -0.39 is 27.2 Å². The molecule has 8 nitrogen and oxygen atoms in total. The molecule has 2 rings (SSSR count). The predicted molar refractivity (Wildman–Crippen MR) is 87.3 cm³/mol. The quantitative estimate of drug-likeness (QED) is 0.563. The van der Waals surface area contributed by atoms with Crippen molar-refractivity contribution in [1.82, 2.24) is 0 Å². The molecule has 0 amide bonds. The number of hydrogen-bond acceptors (Lipinski definition) is 7. The van der Waals surface area contributed by atoms with Crippen LogP contribution in [-0.2, 0) is 33.9 Å². The first kappa shape index (κ1) is 20.1. The Morgan fingerprint density at radius 2 is 1.32 bits per heavy atom. The summed E-state index contributed by atoms with van der Waals surface area (Å²) in [4.78, 5) is 23.8. The molecule has 0 radical (unpaired) electrons. The van der Waals surface area contributed by atoms with Crippen LogP contribution in [0.5, 0.6) is 0 Å². The van der Waals surface area contributed by atoms with Gasteiger partial charge in [0.15, 0.2) is 0 Å². The molecule has 0 aromatic heterocycles. The second-order valence-corrected chi connectivity index (χ2v) is 8.52. The van der Waals surface area contributed by atoms with E-state index in [4.69, 9.17) is 18.8 Å². The van der Waals surface area contributed by atoms with Gasteiger partial charge in [0.05, 0.1) is 43.5 Å². The first-order valence-corrected chi connectivity index (χ1v) is 10.0. The fraction of sp³-hybridized carbons (Fsp3) is 0.875. The lowest BCUT2D eigenvalue weighted by Crippen LogP contribution is -2.39. The largest absolute Gasteiger partial charge is 0.469 e. The van der Waals surface area contributed by atoms with Crippen molar-refractivity contribution in [1.29, 1.82) is 0 Å². The molecule has 2 fully saturated rings. The number of rotatable bonds is 5. The van der Waals surface area contributed by atoms with E-state index in [1.165, 1.54) is 14.2 Å².